The quantitative estimate of drug-likeness (QED) is 0.863. The first-order chi connectivity index (χ1) is 13.5. The van der Waals surface area contributed by atoms with E-state index in [4.69, 9.17) is 0 Å². The Balaban J connectivity index is 1.54. The Bertz CT molecular complexity index is 906. The summed E-state index contributed by atoms with van der Waals surface area (Å²) in [6.45, 7) is 2.51. The van der Waals surface area contributed by atoms with E-state index >= 15 is 0 Å². The molecule has 2 bridgehead atoms. The Labute approximate surface area is 162 Å². The highest BCUT2D eigenvalue weighted by Gasteiger charge is 2.54. The average Bonchev–Trinajstić information content (AvgIpc) is 3.10. The van der Waals surface area contributed by atoms with Crippen LogP contribution in [-0.4, -0.2) is 52.5 Å². The fourth-order valence-corrected chi connectivity index (χ4v) is 5.55. The molecular formula is C22H22F2N2O2. The Morgan fingerprint density at radius 3 is 2.39 bits per heavy atom. The van der Waals surface area contributed by atoms with Gasteiger partial charge in [-0.2, -0.15) is 0 Å². The van der Waals surface area contributed by atoms with Crippen molar-refractivity contribution in [1.82, 2.24) is 9.80 Å². The molecule has 0 unspecified atom stereocenters. The van der Waals surface area contributed by atoms with Crippen LogP contribution in [0.5, 0.6) is 5.75 Å². The van der Waals surface area contributed by atoms with Crippen LogP contribution in [0, 0.1) is 17.6 Å². The van der Waals surface area contributed by atoms with Gasteiger partial charge in [0.15, 0.2) is 0 Å². The number of benzene rings is 2. The first-order valence-electron chi connectivity index (χ1n) is 9.81. The molecule has 6 heteroatoms. The van der Waals surface area contributed by atoms with E-state index in [9.17, 15) is 18.7 Å². The second-order valence-corrected chi connectivity index (χ2v) is 8.17. The number of likely N-dealkylation sites (tertiary alicyclic amines) is 1. The molecule has 146 valence electrons. The topological polar surface area (TPSA) is 43.8 Å². The van der Waals surface area contributed by atoms with Gasteiger partial charge in [-0.05, 0) is 61.7 Å². The van der Waals surface area contributed by atoms with E-state index < -0.39 is 11.6 Å². The maximum atomic E-state index is 13.7. The summed E-state index contributed by atoms with van der Waals surface area (Å²) in [5, 5.41) is 9.94. The number of hydrogen-bond donors (Lipinski definition) is 1. The number of nitrogens with zero attached hydrogens (tertiary/aromatic N) is 2. The molecule has 4 nitrogen and oxygen atoms in total. The lowest BCUT2D eigenvalue weighted by molar-refractivity contribution is -0.00344. The number of aromatic hydroxyl groups is 1. The smallest absolute Gasteiger partial charge is 0.254 e. The molecule has 6 rings (SSSR count). The van der Waals surface area contributed by atoms with Crippen molar-refractivity contribution >= 4 is 5.91 Å². The lowest BCUT2D eigenvalue weighted by Crippen LogP contribution is -2.60. The Hall–Kier alpha value is -2.47. The second-order valence-electron chi connectivity index (χ2n) is 8.17. The fourth-order valence-electron chi connectivity index (χ4n) is 5.55. The number of hydrogen-bond acceptors (Lipinski definition) is 3. The molecule has 4 aliphatic rings. The van der Waals surface area contributed by atoms with Gasteiger partial charge in [-0.15, -0.1) is 0 Å². The van der Waals surface area contributed by atoms with Crippen LogP contribution in [0.25, 0.3) is 0 Å². The van der Waals surface area contributed by atoms with E-state index in [1.165, 1.54) is 0 Å². The molecule has 4 fully saturated rings. The zero-order chi connectivity index (χ0) is 19.4. The van der Waals surface area contributed by atoms with Crippen molar-refractivity contribution in [3.05, 3.63) is 65.2 Å². The summed E-state index contributed by atoms with van der Waals surface area (Å²) in [6.07, 6.45) is 2.07. The van der Waals surface area contributed by atoms with E-state index in [-0.39, 0.29) is 35.2 Å². The third-order valence-corrected chi connectivity index (χ3v) is 6.66. The van der Waals surface area contributed by atoms with E-state index in [0.29, 0.717) is 12.5 Å². The van der Waals surface area contributed by atoms with Gasteiger partial charge in [0.1, 0.15) is 17.4 Å². The van der Waals surface area contributed by atoms with Crippen molar-refractivity contribution in [3.8, 4) is 5.75 Å². The third kappa shape index (κ3) is 2.78. The first kappa shape index (κ1) is 17.6. The van der Waals surface area contributed by atoms with Crippen LogP contribution < -0.4 is 0 Å². The largest absolute Gasteiger partial charge is 0.508 e. The molecular weight excluding hydrogens is 362 g/mol. The molecule has 0 radical (unpaired) electrons. The molecule has 0 saturated carbocycles. The molecule has 4 saturated heterocycles. The minimum Gasteiger partial charge on any atom is -0.508 e. The molecule has 4 aliphatic heterocycles. The van der Waals surface area contributed by atoms with Gasteiger partial charge in [0, 0.05) is 30.1 Å². The number of amides is 1. The Kier molecular flexibility index (Phi) is 4.12. The lowest BCUT2D eigenvalue weighted by Gasteiger charge is -2.51. The molecule has 1 N–H and O–H groups in total. The predicted octanol–water partition coefficient (Wildman–Crippen LogP) is 3.37. The summed E-state index contributed by atoms with van der Waals surface area (Å²) in [6, 6.07) is 10.4. The van der Waals surface area contributed by atoms with Crippen LogP contribution in [-0.2, 0) is 0 Å². The third-order valence-electron chi connectivity index (χ3n) is 6.66. The van der Waals surface area contributed by atoms with Crippen LogP contribution in [0.4, 0.5) is 8.78 Å². The summed E-state index contributed by atoms with van der Waals surface area (Å²) in [5.41, 5.74) is 1.06. The lowest BCUT2D eigenvalue weighted by atomic mass is 9.75. The van der Waals surface area contributed by atoms with E-state index in [0.717, 1.165) is 49.7 Å². The highest BCUT2D eigenvalue weighted by atomic mass is 19.1. The van der Waals surface area contributed by atoms with Gasteiger partial charge in [-0.25, -0.2) is 8.78 Å². The minimum atomic E-state index is -0.738. The number of carbonyl (C=O) groups excluding carboxylic acids is 1. The number of rotatable bonds is 2. The standard InChI is InChI=1S/C22H22F2N2O2/c23-16-8-15(9-17(24)11-16)22(28)26-12-19(14-2-1-3-18(27)10-14)21-20(26)13-4-6-25(21)7-5-13/h1-3,8-11,13,19-21,27H,4-7,12H2/t19-,20+,21+/m0/s1. The van der Waals surface area contributed by atoms with Gasteiger partial charge in [0.05, 0.1) is 6.04 Å². The van der Waals surface area contributed by atoms with Crippen molar-refractivity contribution in [2.45, 2.75) is 30.8 Å². The monoisotopic (exact) mass is 384 g/mol. The first-order valence-corrected chi connectivity index (χ1v) is 9.81. The number of fused-ring (bicyclic) bond motifs is 2. The van der Waals surface area contributed by atoms with Crippen LogP contribution >= 0.6 is 0 Å². The molecule has 0 aliphatic carbocycles. The van der Waals surface area contributed by atoms with Gasteiger partial charge in [-0.1, -0.05) is 12.1 Å². The highest BCUT2D eigenvalue weighted by Crippen LogP contribution is 2.47. The number of phenolic OH excluding ortho intramolecular Hbond substituents is 1. The van der Waals surface area contributed by atoms with Gasteiger partial charge in [-0.3, -0.25) is 9.69 Å². The van der Waals surface area contributed by atoms with Crippen LogP contribution in [0.1, 0.15) is 34.7 Å². The normalized spacial score (nSPS) is 31.1. The van der Waals surface area contributed by atoms with Crippen LogP contribution in [0.2, 0.25) is 0 Å². The van der Waals surface area contributed by atoms with Gasteiger partial charge < -0.3 is 10.0 Å². The molecule has 3 atom stereocenters. The molecule has 0 spiro atoms. The molecule has 2 aromatic carbocycles. The van der Waals surface area contributed by atoms with E-state index in [1.54, 1.807) is 12.1 Å². The number of phenols is 1. The average molecular weight is 384 g/mol. The molecule has 4 heterocycles. The van der Waals surface area contributed by atoms with Crippen LogP contribution in [0.15, 0.2) is 42.5 Å². The zero-order valence-corrected chi connectivity index (χ0v) is 15.4. The summed E-state index contributed by atoms with van der Waals surface area (Å²) in [5.74, 6) is -1.11. The number of carbonyl (C=O) groups is 1. The minimum absolute atomic E-state index is 0.0358. The van der Waals surface area contributed by atoms with Gasteiger partial charge >= 0.3 is 0 Å². The molecule has 0 aromatic heterocycles. The second kappa shape index (κ2) is 6.55. The summed E-state index contributed by atoms with van der Waals surface area (Å²) in [4.78, 5) is 17.5. The number of piperidine rings is 3. The van der Waals surface area contributed by atoms with Gasteiger partial charge in [0.25, 0.3) is 5.91 Å². The summed E-state index contributed by atoms with van der Waals surface area (Å²) in [7, 11) is 0. The maximum absolute atomic E-state index is 13.7. The Morgan fingerprint density at radius 2 is 1.71 bits per heavy atom. The van der Waals surface area contributed by atoms with E-state index in [1.807, 2.05) is 17.0 Å². The van der Waals surface area contributed by atoms with Crippen molar-refractivity contribution in [2.24, 2.45) is 5.92 Å². The van der Waals surface area contributed by atoms with Gasteiger partial charge in [0.2, 0.25) is 0 Å². The predicted molar refractivity (Wildman–Crippen MR) is 100 cm³/mol. The van der Waals surface area contributed by atoms with Crippen molar-refractivity contribution in [1.29, 1.82) is 0 Å². The van der Waals surface area contributed by atoms with E-state index in [2.05, 4.69) is 4.90 Å². The maximum Gasteiger partial charge on any atom is 0.254 e. The van der Waals surface area contributed by atoms with Crippen molar-refractivity contribution in [3.63, 3.8) is 0 Å². The van der Waals surface area contributed by atoms with Crippen molar-refractivity contribution in [2.75, 3.05) is 19.6 Å². The Morgan fingerprint density at radius 1 is 1.00 bits per heavy atom. The van der Waals surface area contributed by atoms with Crippen molar-refractivity contribution < 1.29 is 18.7 Å². The summed E-state index contributed by atoms with van der Waals surface area (Å²) < 4.78 is 27.4. The zero-order valence-electron chi connectivity index (χ0n) is 15.4. The molecule has 1 amide bonds. The highest BCUT2D eigenvalue weighted by molar-refractivity contribution is 5.95. The van der Waals surface area contributed by atoms with Crippen LogP contribution in [0.3, 0.4) is 0 Å². The summed E-state index contributed by atoms with van der Waals surface area (Å²) >= 11 is 0. The fraction of sp³-hybridized carbons (Fsp3) is 0.409. The molecule has 2 aromatic rings. The SMILES string of the molecule is O=C(c1cc(F)cc(F)c1)N1C[C@@H](c2cccc(O)c2)[C@@H]2[C@H]1C1CCN2CC1. The molecule has 28 heavy (non-hydrogen) atoms. The number of halogens is 2.